The van der Waals surface area contributed by atoms with Gasteiger partial charge in [0.1, 0.15) is 0 Å². The number of thioether (sulfide) groups is 1. The number of halogens is 2. The number of methoxy groups -OCH3 is 1. The predicted octanol–water partition coefficient (Wildman–Crippen LogP) is 3.05. The molecule has 1 aromatic rings. The average Bonchev–Trinajstić information content (AvgIpc) is 2.38. The van der Waals surface area contributed by atoms with Crippen LogP contribution in [0.2, 0.25) is 5.02 Å². The number of alkyl halides is 1. The van der Waals surface area contributed by atoms with Crippen LogP contribution in [-0.2, 0) is 4.74 Å². The van der Waals surface area contributed by atoms with Gasteiger partial charge in [-0.1, -0.05) is 11.6 Å². The smallest absolute Gasteiger partial charge is 0.253 e. The molecule has 3 nitrogen and oxygen atoms in total. The quantitative estimate of drug-likeness (QED) is 0.648. The van der Waals surface area contributed by atoms with E-state index in [2.05, 4.69) is 5.32 Å². The first-order valence-electron chi connectivity index (χ1n) is 5.31. The lowest BCUT2D eigenvalue weighted by molar-refractivity contribution is 0.0907. The van der Waals surface area contributed by atoms with Crippen molar-refractivity contribution in [2.45, 2.75) is 10.9 Å². The van der Waals surface area contributed by atoms with Crippen molar-refractivity contribution in [3.8, 4) is 0 Å². The monoisotopic (exact) mass is 307 g/mol. The van der Waals surface area contributed by atoms with E-state index in [0.29, 0.717) is 23.1 Å². The molecule has 0 saturated heterocycles. The van der Waals surface area contributed by atoms with Gasteiger partial charge in [-0.15, -0.1) is 23.4 Å². The molecule has 1 unspecified atom stereocenters. The Morgan fingerprint density at radius 2 is 2.28 bits per heavy atom. The zero-order valence-electron chi connectivity index (χ0n) is 10.2. The van der Waals surface area contributed by atoms with Gasteiger partial charge in [-0.25, -0.2) is 0 Å². The van der Waals surface area contributed by atoms with Crippen molar-refractivity contribution in [2.75, 3.05) is 25.9 Å². The number of amides is 1. The summed E-state index contributed by atoms with van der Waals surface area (Å²) < 4.78 is 4.97. The van der Waals surface area contributed by atoms with Crippen molar-refractivity contribution in [2.24, 2.45) is 0 Å². The molecule has 1 amide bonds. The molecule has 0 radical (unpaired) electrons. The van der Waals surface area contributed by atoms with Crippen LogP contribution < -0.4 is 5.32 Å². The number of benzene rings is 1. The minimum Gasteiger partial charge on any atom is -0.383 e. The lowest BCUT2D eigenvalue weighted by Crippen LogP contribution is -2.39. The molecule has 0 aromatic heterocycles. The van der Waals surface area contributed by atoms with E-state index >= 15 is 0 Å². The average molecular weight is 308 g/mol. The van der Waals surface area contributed by atoms with E-state index < -0.39 is 0 Å². The first-order valence-corrected chi connectivity index (χ1v) is 7.45. The summed E-state index contributed by atoms with van der Waals surface area (Å²) in [6, 6.07) is 5.13. The van der Waals surface area contributed by atoms with Gasteiger partial charge in [0.05, 0.1) is 23.2 Å². The van der Waals surface area contributed by atoms with Crippen LogP contribution >= 0.6 is 35.0 Å². The number of nitrogens with one attached hydrogen (secondary N) is 1. The molecule has 0 heterocycles. The third kappa shape index (κ3) is 4.35. The van der Waals surface area contributed by atoms with Gasteiger partial charge in [-0.05, 0) is 24.5 Å². The summed E-state index contributed by atoms with van der Waals surface area (Å²) in [6.45, 7) is 0.370. The highest BCUT2D eigenvalue weighted by atomic mass is 35.5. The van der Waals surface area contributed by atoms with Gasteiger partial charge >= 0.3 is 0 Å². The van der Waals surface area contributed by atoms with Gasteiger partial charge in [-0.3, -0.25) is 4.79 Å². The van der Waals surface area contributed by atoms with E-state index in [1.807, 2.05) is 12.3 Å². The van der Waals surface area contributed by atoms with Crippen molar-refractivity contribution < 1.29 is 9.53 Å². The summed E-state index contributed by atoms with van der Waals surface area (Å²) >= 11 is 13.3. The second-order valence-electron chi connectivity index (χ2n) is 3.63. The maximum Gasteiger partial charge on any atom is 0.253 e. The molecule has 18 heavy (non-hydrogen) atoms. The van der Waals surface area contributed by atoms with Gasteiger partial charge < -0.3 is 10.1 Å². The van der Waals surface area contributed by atoms with Gasteiger partial charge in [0.2, 0.25) is 0 Å². The van der Waals surface area contributed by atoms with E-state index in [1.54, 1.807) is 31.0 Å². The molecule has 0 fully saturated rings. The number of ether oxygens (including phenoxy) is 1. The largest absolute Gasteiger partial charge is 0.383 e. The summed E-state index contributed by atoms with van der Waals surface area (Å²) in [7, 11) is 1.56. The standard InChI is InChI=1S/C12H15Cl2NO2S/c1-17-7-8(6-13)15-12(16)10-5-9(18-2)3-4-11(10)14/h3-5,8H,6-7H2,1-2H3,(H,15,16). The number of hydrogen-bond donors (Lipinski definition) is 1. The zero-order chi connectivity index (χ0) is 13.5. The van der Waals surface area contributed by atoms with E-state index in [-0.39, 0.29) is 11.9 Å². The van der Waals surface area contributed by atoms with Gasteiger partial charge in [0.25, 0.3) is 5.91 Å². The molecule has 0 spiro atoms. The van der Waals surface area contributed by atoms with Crippen LogP contribution in [0.3, 0.4) is 0 Å². The number of hydrogen-bond acceptors (Lipinski definition) is 3. The second-order valence-corrected chi connectivity index (χ2v) is 5.22. The van der Waals surface area contributed by atoms with E-state index in [4.69, 9.17) is 27.9 Å². The molecule has 0 aliphatic carbocycles. The lowest BCUT2D eigenvalue weighted by Gasteiger charge is -2.15. The molecule has 0 aliphatic heterocycles. The van der Waals surface area contributed by atoms with Gasteiger partial charge in [-0.2, -0.15) is 0 Å². The summed E-state index contributed by atoms with van der Waals surface area (Å²) in [6.07, 6.45) is 1.94. The van der Waals surface area contributed by atoms with Crippen molar-refractivity contribution in [1.29, 1.82) is 0 Å². The second kappa shape index (κ2) is 7.89. The maximum atomic E-state index is 12.1. The van der Waals surface area contributed by atoms with Crippen LogP contribution in [0.5, 0.6) is 0 Å². The lowest BCUT2D eigenvalue weighted by atomic mass is 10.2. The Bertz CT molecular complexity index is 415. The fourth-order valence-electron chi connectivity index (χ4n) is 1.39. The Morgan fingerprint density at radius 3 is 2.83 bits per heavy atom. The fourth-order valence-corrected chi connectivity index (χ4v) is 2.20. The SMILES string of the molecule is COCC(CCl)NC(=O)c1cc(SC)ccc1Cl. The zero-order valence-corrected chi connectivity index (χ0v) is 12.5. The van der Waals surface area contributed by atoms with E-state index in [0.717, 1.165) is 4.90 Å². The minimum atomic E-state index is -0.237. The first-order chi connectivity index (χ1) is 8.62. The molecule has 1 N–H and O–H groups in total. The molecular formula is C12H15Cl2NO2S. The minimum absolute atomic E-state index is 0.224. The number of rotatable bonds is 6. The number of carbonyl (C=O) groups excluding carboxylic acids is 1. The van der Waals surface area contributed by atoms with Gasteiger partial charge in [0.15, 0.2) is 0 Å². The van der Waals surface area contributed by atoms with Crippen molar-refractivity contribution in [3.63, 3.8) is 0 Å². The summed E-state index contributed by atoms with van der Waals surface area (Å²) in [5, 5.41) is 3.21. The van der Waals surface area contributed by atoms with Crippen molar-refractivity contribution >= 4 is 40.9 Å². The molecule has 6 heteroatoms. The summed E-state index contributed by atoms with van der Waals surface area (Å²) in [5.74, 6) is 0.0537. The Kier molecular flexibility index (Phi) is 6.86. The summed E-state index contributed by atoms with van der Waals surface area (Å²) in [4.78, 5) is 13.0. The first kappa shape index (κ1) is 15.6. The highest BCUT2D eigenvalue weighted by Crippen LogP contribution is 2.23. The molecule has 1 aromatic carbocycles. The maximum absolute atomic E-state index is 12.1. The Labute approximate surface area is 121 Å². The Morgan fingerprint density at radius 1 is 1.56 bits per heavy atom. The molecule has 0 saturated carbocycles. The van der Waals surface area contributed by atoms with Crippen molar-refractivity contribution in [1.82, 2.24) is 5.32 Å². The molecule has 100 valence electrons. The van der Waals surface area contributed by atoms with Crippen LogP contribution in [0.4, 0.5) is 0 Å². The molecule has 1 rings (SSSR count). The Hall–Kier alpha value is -0.420. The summed E-state index contributed by atoms with van der Waals surface area (Å²) in [5.41, 5.74) is 0.453. The number of carbonyl (C=O) groups is 1. The van der Waals surface area contributed by atoms with Crippen LogP contribution in [-0.4, -0.2) is 37.8 Å². The normalized spacial score (nSPS) is 12.2. The van der Waals surface area contributed by atoms with Crippen LogP contribution in [0, 0.1) is 0 Å². The van der Waals surface area contributed by atoms with Crippen LogP contribution in [0.1, 0.15) is 10.4 Å². The Balaban J connectivity index is 2.82. The third-order valence-electron chi connectivity index (χ3n) is 2.31. The molecule has 0 bridgehead atoms. The molecular weight excluding hydrogens is 293 g/mol. The topological polar surface area (TPSA) is 38.3 Å². The van der Waals surface area contributed by atoms with E-state index in [1.165, 1.54) is 0 Å². The van der Waals surface area contributed by atoms with Crippen LogP contribution in [0.25, 0.3) is 0 Å². The molecule has 1 atom stereocenters. The van der Waals surface area contributed by atoms with Crippen LogP contribution in [0.15, 0.2) is 23.1 Å². The molecule has 0 aliphatic rings. The highest BCUT2D eigenvalue weighted by molar-refractivity contribution is 7.98. The van der Waals surface area contributed by atoms with Gasteiger partial charge in [0, 0.05) is 17.9 Å². The third-order valence-corrected chi connectivity index (χ3v) is 3.73. The fraction of sp³-hybridized carbons (Fsp3) is 0.417. The highest BCUT2D eigenvalue weighted by Gasteiger charge is 2.15. The van der Waals surface area contributed by atoms with Crippen molar-refractivity contribution in [3.05, 3.63) is 28.8 Å². The predicted molar refractivity (Wildman–Crippen MR) is 77.1 cm³/mol. The van der Waals surface area contributed by atoms with E-state index in [9.17, 15) is 4.79 Å².